The molecule has 1 rings (SSSR count). The number of aryl methyl sites for hydroxylation is 1. The maximum Gasteiger partial charge on any atom is 0.0403 e. The zero-order valence-electron chi connectivity index (χ0n) is 10.9. The first-order chi connectivity index (χ1) is 8.13. The second-order valence-corrected chi connectivity index (χ2v) is 4.21. The van der Waals surface area contributed by atoms with E-state index in [1.165, 1.54) is 0 Å². The molecule has 0 fully saturated rings. The quantitative estimate of drug-likeness (QED) is 0.551. The molecule has 2 nitrogen and oxygen atoms in total. The molecule has 0 aliphatic rings. The SMILES string of the molecule is C=C(/C=C\N=C(C)C)c1ccc(CCC)nc1. The number of hydrogen-bond donors (Lipinski definition) is 0. The highest BCUT2D eigenvalue weighted by molar-refractivity contribution is 5.80. The molecule has 0 N–H and O–H groups in total. The molecule has 0 radical (unpaired) electrons. The Balaban J connectivity index is 2.70. The van der Waals surface area contributed by atoms with Gasteiger partial charge in [0.25, 0.3) is 0 Å². The zero-order chi connectivity index (χ0) is 12.7. The highest BCUT2D eigenvalue weighted by Crippen LogP contribution is 2.13. The molecule has 0 saturated carbocycles. The summed E-state index contributed by atoms with van der Waals surface area (Å²) in [5.41, 5.74) is 4.15. The molecule has 0 aromatic carbocycles. The van der Waals surface area contributed by atoms with Crippen LogP contribution in [0.2, 0.25) is 0 Å². The predicted molar refractivity (Wildman–Crippen MR) is 75.2 cm³/mol. The molecule has 0 aliphatic heterocycles. The minimum Gasteiger partial charge on any atom is -0.266 e. The van der Waals surface area contributed by atoms with Crippen molar-refractivity contribution in [3.05, 3.63) is 48.4 Å². The van der Waals surface area contributed by atoms with E-state index in [0.717, 1.165) is 35.4 Å². The molecular weight excluding hydrogens is 208 g/mol. The Labute approximate surface area is 104 Å². The van der Waals surface area contributed by atoms with E-state index >= 15 is 0 Å². The topological polar surface area (TPSA) is 25.2 Å². The minimum atomic E-state index is 0.936. The van der Waals surface area contributed by atoms with E-state index in [9.17, 15) is 0 Å². The number of nitrogens with zero attached hydrogens (tertiary/aromatic N) is 2. The highest BCUT2D eigenvalue weighted by Gasteiger charge is 1.97. The van der Waals surface area contributed by atoms with Crippen LogP contribution in [-0.2, 0) is 6.42 Å². The Morgan fingerprint density at radius 3 is 2.71 bits per heavy atom. The average molecular weight is 228 g/mol. The molecule has 1 heterocycles. The monoisotopic (exact) mass is 228 g/mol. The molecular formula is C15H20N2. The van der Waals surface area contributed by atoms with Gasteiger partial charge in [0, 0.05) is 23.8 Å². The van der Waals surface area contributed by atoms with Gasteiger partial charge in [-0.05, 0) is 43.5 Å². The van der Waals surface area contributed by atoms with Crippen LogP contribution in [0.1, 0.15) is 38.4 Å². The van der Waals surface area contributed by atoms with Crippen molar-refractivity contribution in [3.8, 4) is 0 Å². The number of aromatic nitrogens is 1. The average Bonchev–Trinajstić information content (AvgIpc) is 2.30. The third-order valence-corrected chi connectivity index (χ3v) is 2.31. The summed E-state index contributed by atoms with van der Waals surface area (Å²) in [6.07, 6.45) is 7.71. The molecule has 90 valence electrons. The van der Waals surface area contributed by atoms with Crippen molar-refractivity contribution in [2.24, 2.45) is 4.99 Å². The van der Waals surface area contributed by atoms with Crippen LogP contribution in [0.5, 0.6) is 0 Å². The molecule has 1 aromatic rings. The number of aliphatic imine (C=N–C) groups is 1. The maximum absolute atomic E-state index is 4.40. The second kappa shape index (κ2) is 6.79. The number of pyridine rings is 1. The van der Waals surface area contributed by atoms with Gasteiger partial charge in [-0.25, -0.2) is 0 Å². The summed E-state index contributed by atoms with van der Waals surface area (Å²) in [6.45, 7) is 10.1. The second-order valence-electron chi connectivity index (χ2n) is 4.21. The van der Waals surface area contributed by atoms with Crippen LogP contribution in [0.3, 0.4) is 0 Å². The normalized spacial score (nSPS) is 10.5. The van der Waals surface area contributed by atoms with Crippen LogP contribution in [0.15, 0.2) is 42.2 Å². The lowest BCUT2D eigenvalue weighted by atomic mass is 10.1. The van der Waals surface area contributed by atoms with Gasteiger partial charge >= 0.3 is 0 Å². The van der Waals surface area contributed by atoms with Crippen molar-refractivity contribution in [1.82, 2.24) is 4.98 Å². The molecule has 0 bridgehead atoms. The van der Waals surface area contributed by atoms with Crippen LogP contribution in [0, 0.1) is 0 Å². The van der Waals surface area contributed by atoms with Gasteiger partial charge in [0.05, 0.1) is 0 Å². The molecule has 2 heteroatoms. The Hall–Kier alpha value is -1.70. The van der Waals surface area contributed by atoms with E-state index in [2.05, 4.69) is 35.6 Å². The van der Waals surface area contributed by atoms with Crippen molar-refractivity contribution < 1.29 is 0 Å². The van der Waals surface area contributed by atoms with Crippen molar-refractivity contribution in [2.75, 3.05) is 0 Å². The molecule has 0 unspecified atom stereocenters. The standard InChI is InChI=1S/C15H20N2/c1-5-6-15-8-7-14(11-17-15)13(4)9-10-16-12(2)3/h7-11H,4-6H2,1-3H3/b10-9-. The van der Waals surface area contributed by atoms with Gasteiger partial charge in [0.15, 0.2) is 0 Å². The summed E-state index contributed by atoms with van der Waals surface area (Å²) in [7, 11) is 0. The summed E-state index contributed by atoms with van der Waals surface area (Å²) >= 11 is 0. The van der Waals surface area contributed by atoms with E-state index in [1.54, 1.807) is 6.20 Å². The zero-order valence-corrected chi connectivity index (χ0v) is 10.9. The van der Waals surface area contributed by atoms with E-state index in [4.69, 9.17) is 0 Å². The lowest BCUT2D eigenvalue weighted by Gasteiger charge is -2.01. The number of rotatable bonds is 5. The maximum atomic E-state index is 4.40. The van der Waals surface area contributed by atoms with Gasteiger partial charge in [0.1, 0.15) is 0 Å². The summed E-state index contributed by atoms with van der Waals surface area (Å²) in [5, 5.41) is 0. The number of allylic oxidation sites excluding steroid dienone is 2. The van der Waals surface area contributed by atoms with Gasteiger partial charge in [-0.1, -0.05) is 26.0 Å². The predicted octanol–water partition coefficient (Wildman–Crippen LogP) is 4.04. The first-order valence-electron chi connectivity index (χ1n) is 5.95. The van der Waals surface area contributed by atoms with Crippen molar-refractivity contribution in [1.29, 1.82) is 0 Å². The van der Waals surface area contributed by atoms with Gasteiger partial charge < -0.3 is 0 Å². The third-order valence-electron chi connectivity index (χ3n) is 2.31. The van der Waals surface area contributed by atoms with E-state index < -0.39 is 0 Å². The molecule has 0 aliphatic carbocycles. The van der Waals surface area contributed by atoms with Crippen molar-refractivity contribution >= 4 is 11.3 Å². The van der Waals surface area contributed by atoms with E-state index in [0.29, 0.717) is 0 Å². The van der Waals surface area contributed by atoms with Crippen LogP contribution in [-0.4, -0.2) is 10.7 Å². The fourth-order valence-corrected chi connectivity index (χ4v) is 1.39. The lowest BCUT2D eigenvalue weighted by molar-refractivity contribution is 0.882. The third kappa shape index (κ3) is 4.77. The smallest absolute Gasteiger partial charge is 0.0403 e. The minimum absolute atomic E-state index is 0.936. The Kier molecular flexibility index (Phi) is 5.34. The van der Waals surface area contributed by atoms with Crippen LogP contribution < -0.4 is 0 Å². The summed E-state index contributed by atoms with van der Waals surface area (Å²) < 4.78 is 0. The Morgan fingerprint density at radius 2 is 2.18 bits per heavy atom. The molecule has 0 amide bonds. The van der Waals surface area contributed by atoms with Crippen LogP contribution >= 0.6 is 0 Å². The number of hydrogen-bond acceptors (Lipinski definition) is 2. The van der Waals surface area contributed by atoms with Crippen molar-refractivity contribution in [2.45, 2.75) is 33.6 Å². The molecule has 1 aromatic heterocycles. The molecule has 0 saturated heterocycles. The Morgan fingerprint density at radius 1 is 1.41 bits per heavy atom. The first kappa shape index (κ1) is 13.4. The first-order valence-corrected chi connectivity index (χ1v) is 5.95. The van der Waals surface area contributed by atoms with Gasteiger partial charge in [-0.15, -0.1) is 0 Å². The van der Waals surface area contributed by atoms with Gasteiger partial charge in [0.2, 0.25) is 0 Å². The van der Waals surface area contributed by atoms with E-state index in [1.807, 2.05) is 26.1 Å². The molecule has 17 heavy (non-hydrogen) atoms. The fourth-order valence-electron chi connectivity index (χ4n) is 1.39. The summed E-state index contributed by atoms with van der Waals surface area (Å²) in [6, 6.07) is 4.12. The van der Waals surface area contributed by atoms with Crippen molar-refractivity contribution in [3.63, 3.8) is 0 Å². The molecule has 0 spiro atoms. The summed E-state index contributed by atoms with van der Waals surface area (Å²) in [5.74, 6) is 0. The largest absolute Gasteiger partial charge is 0.266 e. The van der Waals surface area contributed by atoms with Crippen LogP contribution in [0.4, 0.5) is 0 Å². The van der Waals surface area contributed by atoms with Gasteiger partial charge in [-0.3, -0.25) is 9.98 Å². The molecule has 0 atom stereocenters. The summed E-state index contributed by atoms with van der Waals surface area (Å²) in [4.78, 5) is 8.59. The highest BCUT2D eigenvalue weighted by atomic mass is 14.7. The van der Waals surface area contributed by atoms with E-state index in [-0.39, 0.29) is 0 Å². The lowest BCUT2D eigenvalue weighted by Crippen LogP contribution is -1.90. The Bertz CT molecular complexity index is 421. The fraction of sp³-hybridized carbons (Fsp3) is 0.333. The van der Waals surface area contributed by atoms with Crippen LogP contribution in [0.25, 0.3) is 5.57 Å². The van der Waals surface area contributed by atoms with Gasteiger partial charge in [-0.2, -0.15) is 0 Å².